The van der Waals surface area contributed by atoms with Gasteiger partial charge in [-0.15, -0.1) is 0 Å². The van der Waals surface area contributed by atoms with E-state index >= 15 is 0 Å². The average Bonchev–Trinajstić information content (AvgIpc) is 3.60. The molecule has 0 atom stereocenters. The number of halogens is 1. The van der Waals surface area contributed by atoms with Crippen molar-refractivity contribution >= 4 is 29.3 Å². The molecule has 1 amide bonds. The van der Waals surface area contributed by atoms with E-state index in [4.69, 9.17) is 4.98 Å². The number of likely N-dealkylation sites (N-methyl/N-ethyl adjacent to an activating group) is 1. The van der Waals surface area contributed by atoms with E-state index in [-0.39, 0.29) is 21.9 Å². The number of nitrogens with zero attached hydrogens (tertiary/aromatic N) is 3. The quantitative estimate of drug-likeness (QED) is 0.524. The van der Waals surface area contributed by atoms with Gasteiger partial charge in [0.05, 0.1) is 5.69 Å². The minimum atomic E-state index is -0.168. The monoisotopic (exact) mass is 462 g/mol. The molecule has 0 bridgehead atoms. The Morgan fingerprint density at radius 2 is 1.88 bits per heavy atom. The second-order valence-corrected chi connectivity index (χ2v) is 10.8. The van der Waals surface area contributed by atoms with Crippen LogP contribution in [0.25, 0.3) is 11.3 Å². The smallest absolute Gasteiger partial charge is 0.253 e. The Morgan fingerprint density at radius 1 is 1.09 bits per heavy atom. The molecule has 1 saturated carbocycles. The summed E-state index contributed by atoms with van der Waals surface area (Å²) in [5, 5.41) is 3.24. The first-order valence-electron chi connectivity index (χ1n) is 11.1. The van der Waals surface area contributed by atoms with E-state index in [0.717, 1.165) is 46.5 Å². The third-order valence-electron chi connectivity index (χ3n) is 6.72. The van der Waals surface area contributed by atoms with Crippen molar-refractivity contribution < 1.29 is 9.18 Å². The maximum Gasteiger partial charge on any atom is 0.253 e. The first kappa shape index (κ1) is 21.9. The molecule has 2 heterocycles. The lowest BCUT2D eigenvalue weighted by Crippen LogP contribution is -2.44. The second-order valence-electron chi connectivity index (χ2n) is 9.59. The summed E-state index contributed by atoms with van der Waals surface area (Å²) in [7, 11) is 1.84. The van der Waals surface area contributed by atoms with Gasteiger partial charge >= 0.3 is 0 Å². The van der Waals surface area contributed by atoms with Crippen molar-refractivity contribution in [3.63, 3.8) is 0 Å². The first-order valence-corrected chi connectivity index (χ1v) is 12.3. The van der Waals surface area contributed by atoms with Crippen molar-refractivity contribution in [3.8, 4) is 11.3 Å². The van der Waals surface area contributed by atoms with Gasteiger partial charge in [-0.25, -0.2) is 14.4 Å². The molecule has 5 rings (SSSR count). The molecule has 3 aromatic rings. The molecule has 1 aromatic heterocycles. The number of carbonyl (C=O) groups excluding carboxylic acids is 1. The highest BCUT2D eigenvalue weighted by Crippen LogP contribution is 2.57. The Labute approximate surface area is 197 Å². The normalized spacial score (nSPS) is 18.1. The van der Waals surface area contributed by atoms with Gasteiger partial charge < -0.3 is 10.2 Å². The Morgan fingerprint density at radius 3 is 2.61 bits per heavy atom. The number of amides is 1. The van der Waals surface area contributed by atoms with Crippen LogP contribution in [-0.2, 0) is 10.2 Å². The van der Waals surface area contributed by atoms with Gasteiger partial charge in [-0.05, 0) is 61.1 Å². The first-order chi connectivity index (χ1) is 15.7. The topological polar surface area (TPSA) is 58.1 Å². The van der Waals surface area contributed by atoms with Gasteiger partial charge in [-0.2, -0.15) is 11.8 Å². The molecule has 33 heavy (non-hydrogen) atoms. The minimum absolute atomic E-state index is 0.0479. The van der Waals surface area contributed by atoms with Gasteiger partial charge in [0.25, 0.3) is 5.91 Å². The van der Waals surface area contributed by atoms with E-state index in [1.54, 1.807) is 28.9 Å². The summed E-state index contributed by atoms with van der Waals surface area (Å²) in [4.78, 5) is 23.5. The molecule has 1 aliphatic heterocycles. The number of anilines is 2. The number of benzene rings is 2. The van der Waals surface area contributed by atoms with Crippen LogP contribution < -0.4 is 5.32 Å². The van der Waals surface area contributed by atoms with Gasteiger partial charge in [0, 0.05) is 52.3 Å². The van der Waals surface area contributed by atoms with Crippen molar-refractivity contribution in [1.29, 1.82) is 0 Å². The van der Waals surface area contributed by atoms with E-state index in [9.17, 15) is 9.18 Å². The number of thioether (sulfide) groups is 1. The molecule has 2 aromatic carbocycles. The van der Waals surface area contributed by atoms with Crippen LogP contribution in [0.2, 0.25) is 0 Å². The Balaban J connectivity index is 1.46. The molecule has 5 nitrogen and oxygen atoms in total. The fourth-order valence-corrected chi connectivity index (χ4v) is 5.65. The largest absolute Gasteiger partial charge is 0.341 e. The van der Waals surface area contributed by atoms with Crippen molar-refractivity contribution in [2.45, 2.75) is 36.9 Å². The Hall–Kier alpha value is -2.93. The van der Waals surface area contributed by atoms with Crippen molar-refractivity contribution in [2.75, 3.05) is 25.2 Å². The van der Waals surface area contributed by atoms with Crippen LogP contribution >= 0.6 is 11.8 Å². The molecular formula is C26H27FN4OS. The third-order valence-corrected chi connectivity index (χ3v) is 8.13. The number of aromatic nitrogens is 2. The summed E-state index contributed by atoms with van der Waals surface area (Å²) >= 11 is 1.71. The van der Waals surface area contributed by atoms with Crippen molar-refractivity contribution in [2.24, 2.45) is 0 Å². The maximum absolute atomic E-state index is 14.5. The number of fused-ring (bicyclic) bond motifs is 1. The SMILES string of the molecule is CSC1(c2cc(Nc3nccc(-c4ccc5c(c4)C(C)(C)CN(C)C5=O)n3)ccc2F)CC1. The number of nitrogens with one attached hydrogen (secondary N) is 1. The summed E-state index contributed by atoms with van der Waals surface area (Å²) in [6.07, 6.45) is 5.73. The van der Waals surface area contributed by atoms with Crippen LogP contribution in [-0.4, -0.2) is 40.6 Å². The molecule has 0 radical (unpaired) electrons. The molecule has 1 N–H and O–H groups in total. The minimum Gasteiger partial charge on any atom is -0.341 e. The number of hydrogen-bond acceptors (Lipinski definition) is 5. The fourth-order valence-electron chi connectivity index (χ4n) is 4.76. The summed E-state index contributed by atoms with van der Waals surface area (Å²) in [6, 6.07) is 12.9. The zero-order valence-corrected chi connectivity index (χ0v) is 20.1. The zero-order chi connectivity index (χ0) is 23.4. The molecule has 0 unspecified atom stereocenters. The maximum atomic E-state index is 14.5. The fraction of sp³-hybridized carbons (Fsp3) is 0.346. The van der Waals surface area contributed by atoms with Gasteiger partial charge in [0.15, 0.2) is 0 Å². The number of hydrogen-bond donors (Lipinski definition) is 1. The van der Waals surface area contributed by atoms with Crippen molar-refractivity contribution in [3.05, 3.63) is 71.2 Å². The third kappa shape index (κ3) is 3.88. The Bertz CT molecular complexity index is 1250. The molecule has 0 spiro atoms. The van der Waals surface area contributed by atoms with Gasteiger partial charge in [-0.1, -0.05) is 19.9 Å². The predicted octanol–water partition coefficient (Wildman–Crippen LogP) is 5.74. The molecule has 1 aliphatic carbocycles. The molecule has 0 saturated heterocycles. The number of carbonyl (C=O) groups is 1. The van der Waals surface area contributed by atoms with E-state index < -0.39 is 0 Å². The lowest BCUT2D eigenvalue weighted by molar-refractivity contribution is 0.0737. The van der Waals surface area contributed by atoms with Gasteiger partial charge in [0.2, 0.25) is 5.95 Å². The van der Waals surface area contributed by atoms with Gasteiger partial charge in [-0.3, -0.25) is 4.79 Å². The summed E-state index contributed by atoms with van der Waals surface area (Å²) in [5.74, 6) is 0.331. The Kier molecular flexibility index (Phi) is 5.20. The number of rotatable bonds is 5. The zero-order valence-electron chi connectivity index (χ0n) is 19.3. The van der Waals surface area contributed by atoms with E-state index in [1.807, 2.05) is 37.6 Å². The highest BCUT2D eigenvalue weighted by molar-refractivity contribution is 7.99. The molecule has 2 aliphatic rings. The molecule has 7 heteroatoms. The molecule has 1 fully saturated rings. The van der Waals surface area contributed by atoms with Crippen LogP contribution in [0.1, 0.15) is 48.2 Å². The van der Waals surface area contributed by atoms with Crippen LogP contribution in [0.15, 0.2) is 48.7 Å². The second kappa shape index (κ2) is 7.83. The van der Waals surface area contributed by atoms with Crippen molar-refractivity contribution in [1.82, 2.24) is 14.9 Å². The molecule has 170 valence electrons. The van der Waals surface area contributed by atoms with Crippen LogP contribution in [0, 0.1) is 5.82 Å². The highest BCUT2D eigenvalue weighted by atomic mass is 32.2. The van der Waals surface area contributed by atoms with E-state index in [2.05, 4.69) is 30.2 Å². The molecular weight excluding hydrogens is 435 g/mol. The highest BCUT2D eigenvalue weighted by Gasteiger charge is 2.45. The van der Waals surface area contributed by atoms with E-state index in [0.29, 0.717) is 12.5 Å². The van der Waals surface area contributed by atoms with E-state index in [1.165, 1.54) is 6.07 Å². The van der Waals surface area contributed by atoms with Crippen LogP contribution in [0.3, 0.4) is 0 Å². The average molecular weight is 463 g/mol. The summed E-state index contributed by atoms with van der Waals surface area (Å²) in [6.45, 7) is 4.97. The van der Waals surface area contributed by atoms with Crippen LogP contribution in [0.4, 0.5) is 16.0 Å². The lowest BCUT2D eigenvalue weighted by atomic mass is 9.77. The standard InChI is InChI=1S/C26H27FN4OS/c1-25(2)15-31(3)23(32)18-7-5-16(13-19(18)25)22-9-12-28-24(30-22)29-17-6-8-21(27)20(14-17)26(33-4)10-11-26/h5-9,12-14H,10-11,15H2,1-4H3,(H,28,29,30). The van der Waals surface area contributed by atoms with Gasteiger partial charge in [0.1, 0.15) is 5.82 Å². The summed E-state index contributed by atoms with van der Waals surface area (Å²) < 4.78 is 14.4. The van der Waals surface area contributed by atoms with Crippen LogP contribution in [0.5, 0.6) is 0 Å². The predicted molar refractivity (Wildman–Crippen MR) is 132 cm³/mol. The summed E-state index contributed by atoms with van der Waals surface area (Å²) in [5.41, 5.74) is 4.83. The lowest BCUT2D eigenvalue weighted by Gasteiger charge is -2.37.